The largest absolute Gasteiger partial charge is 0.497 e. The van der Waals surface area contributed by atoms with Gasteiger partial charge in [0, 0.05) is 27.9 Å². The lowest BCUT2D eigenvalue weighted by Gasteiger charge is -2.16. The van der Waals surface area contributed by atoms with Crippen LogP contribution in [0.1, 0.15) is 29.3 Å². The first-order valence-electron chi connectivity index (χ1n) is 14.5. The van der Waals surface area contributed by atoms with Gasteiger partial charge in [-0.05, 0) is 71.3 Å². The standard InChI is InChI=1S/C37H33N3O4S/c1-3-34(37(43)39-28-17-10-19-30(23-28)44-2)45-31-20-11-18-29(24-31)38-36(42)33(40-35(41)26-13-5-4-6-14-26)22-27-16-9-15-25-12-7-8-21-32(25)27/h4-24,34H,3H2,1-2H3,(H,38,42)(H,39,43)(H,40,41)/b33-22+. The number of rotatable bonds is 11. The average molecular weight is 616 g/mol. The van der Waals surface area contributed by atoms with Gasteiger partial charge in [-0.1, -0.05) is 79.7 Å². The molecule has 0 saturated heterocycles. The van der Waals surface area contributed by atoms with Crippen molar-refractivity contribution in [2.75, 3.05) is 17.7 Å². The second-order valence-corrected chi connectivity index (χ2v) is 11.4. The van der Waals surface area contributed by atoms with Crippen LogP contribution in [0.15, 0.2) is 132 Å². The van der Waals surface area contributed by atoms with Crippen molar-refractivity contribution in [1.82, 2.24) is 5.32 Å². The first-order valence-corrected chi connectivity index (χ1v) is 15.4. The van der Waals surface area contributed by atoms with Crippen LogP contribution in [0.5, 0.6) is 5.75 Å². The smallest absolute Gasteiger partial charge is 0.272 e. The van der Waals surface area contributed by atoms with Gasteiger partial charge >= 0.3 is 0 Å². The molecule has 3 N–H and O–H groups in total. The van der Waals surface area contributed by atoms with Crippen molar-refractivity contribution in [3.05, 3.63) is 138 Å². The third-order valence-electron chi connectivity index (χ3n) is 7.02. The Labute approximate surface area is 266 Å². The highest BCUT2D eigenvalue weighted by Gasteiger charge is 2.20. The summed E-state index contributed by atoms with van der Waals surface area (Å²) >= 11 is 1.41. The van der Waals surface area contributed by atoms with E-state index in [1.807, 2.05) is 91.9 Å². The number of benzene rings is 5. The van der Waals surface area contributed by atoms with Crippen molar-refractivity contribution in [2.24, 2.45) is 0 Å². The molecule has 1 unspecified atom stereocenters. The zero-order chi connectivity index (χ0) is 31.6. The SMILES string of the molecule is CCC(Sc1cccc(NC(=O)/C(=C\c2cccc3ccccc23)NC(=O)c2ccccc2)c1)C(=O)Nc1cccc(OC)c1. The summed E-state index contributed by atoms with van der Waals surface area (Å²) in [6, 6.07) is 37.0. The van der Waals surface area contributed by atoms with Gasteiger partial charge < -0.3 is 20.7 Å². The highest BCUT2D eigenvalue weighted by atomic mass is 32.2. The number of hydrogen-bond acceptors (Lipinski definition) is 5. The number of thioether (sulfide) groups is 1. The lowest BCUT2D eigenvalue weighted by molar-refractivity contribution is -0.116. The lowest BCUT2D eigenvalue weighted by atomic mass is 10.0. The van der Waals surface area contributed by atoms with Crippen LogP contribution < -0.4 is 20.7 Å². The molecule has 226 valence electrons. The highest BCUT2D eigenvalue weighted by Crippen LogP contribution is 2.29. The first-order chi connectivity index (χ1) is 21.9. The van der Waals surface area contributed by atoms with Crippen molar-refractivity contribution >= 4 is 57.7 Å². The quantitative estimate of drug-likeness (QED) is 0.104. The van der Waals surface area contributed by atoms with E-state index in [4.69, 9.17) is 4.74 Å². The Morgan fingerprint density at radius 1 is 0.778 bits per heavy atom. The molecule has 1 atom stereocenters. The van der Waals surface area contributed by atoms with E-state index in [0.717, 1.165) is 21.2 Å². The summed E-state index contributed by atoms with van der Waals surface area (Å²) in [7, 11) is 1.58. The van der Waals surface area contributed by atoms with E-state index in [0.29, 0.717) is 29.1 Å². The predicted octanol–water partition coefficient (Wildman–Crippen LogP) is 7.77. The number of hydrogen-bond donors (Lipinski definition) is 3. The monoisotopic (exact) mass is 615 g/mol. The van der Waals surface area contributed by atoms with Crippen molar-refractivity contribution in [3.8, 4) is 5.75 Å². The maximum atomic E-state index is 13.7. The number of nitrogens with one attached hydrogen (secondary N) is 3. The van der Waals surface area contributed by atoms with Gasteiger partial charge in [-0.3, -0.25) is 14.4 Å². The van der Waals surface area contributed by atoms with Gasteiger partial charge in [0.25, 0.3) is 11.8 Å². The van der Waals surface area contributed by atoms with Crippen LogP contribution >= 0.6 is 11.8 Å². The minimum absolute atomic E-state index is 0.0994. The molecule has 7 nitrogen and oxygen atoms in total. The van der Waals surface area contributed by atoms with Crippen LogP contribution in [-0.2, 0) is 9.59 Å². The van der Waals surface area contributed by atoms with Crippen molar-refractivity contribution in [3.63, 3.8) is 0 Å². The fourth-order valence-electron chi connectivity index (χ4n) is 4.73. The Hall–Kier alpha value is -5.34. The third kappa shape index (κ3) is 8.19. The summed E-state index contributed by atoms with van der Waals surface area (Å²) in [5.41, 5.74) is 2.52. The van der Waals surface area contributed by atoms with Crippen LogP contribution in [0, 0.1) is 0 Å². The zero-order valence-corrected chi connectivity index (χ0v) is 25.8. The molecule has 3 amide bonds. The number of methoxy groups -OCH3 is 1. The minimum atomic E-state index is -0.475. The van der Waals surface area contributed by atoms with Gasteiger partial charge in [0.15, 0.2) is 0 Å². The Morgan fingerprint density at radius 3 is 2.24 bits per heavy atom. The van der Waals surface area contributed by atoms with E-state index in [1.165, 1.54) is 11.8 Å². The topological polar surface area (TPSA) is 96.5 Å². The second kappa shape index (κ2) is 14.9. The molecule has 0 spiro atoms. The molecular weight excluding hydrogens is 582 g/mol. The van der Waals surface area contributed by atoms with E-state index in [1.54, 1.807) is 49.6 Å². The summed E-state index contributed by atoms with van der Waals surface area (Å²) < 4.78 is 5.26. The minimum Gasteiger partial charge on any atom is -0.497 e. The Kier molecular flexibility index (Phi) is 10.3. The fraction of sp³-hybridized carbons (Fsp3) is 0.108. The van der Waals surface area contributed by atoms with Crippen LogP contribution in [0.4, 0.5) is 11.4 Å². The molecule has 0 aliphatic heterocycles. The number of amides is 3. The van der Waals surface area contributed by atoms with Crippen LogP contribution in [0.3, 0.4) is 0 Å². The summed E-state index contributed by atoms with van der Waals surface area (Å²) in [4.78, 5) is 40.7. The third-order valence-corrected chi connectivity index (χ3v) is 8.38. The maximum absolute atomic E-state index is 13.7. The number of carbonyl (C=O) groups is 3. The van der Waals surface area contributed by atoms with Crippen LogP contribution in [0.2, 0.25) is 0 Å². The van der Waals surface area contributed by atoms with Gasteiger partial charge in [-0.15, -0.1) is 11.8 Å². The molecule has 5 rings (SSSR count). The van der Waals surface area contributed by atoms with Crippen molar-refractivity contribution in [2.45, 2.75) is 23.5 Å². The number of anilines is 2. The highest BCUT2D eigenvalue weighted by molar-refractivity contribution is 8.00. The lowest BCUT2D eigenvalue weighted by Crippen LogP contribution is -2.30. The normalized spacial score (nSPS) is 11.8. The number of fused-ring (bicyclic) bond motifs is 1. The van der Waals surface area contributed by atoms with E-state index >= 15 is 0 Å². The second-order valence-electron chi connectivity index (χ2n) is 10.2. The molecule has 5 aromatic rings. The van der Waals surface area contributed by atoms with Gasteiger partial charge in [-0.2, -0.15) is 0 Å². The first kappa shape index (κ1) is 31.1. The fourth-order valence-corrected chi connectivity index (χ4v) is 5.74. The maximum Gasteiger partial charge on any atom is 0.272 e. The molecule has 8 heteroatoms. The molecule has 0 fully saturated rings. The van der Waals surface area contributed by atoms with Gasteiger partial charge in [0.05, 0.1) is 12.4 Å². The molecular formula is C37H33N3O4S. The Bertz CT molecular complexity index is 1850. The van der Waals surface area contributed by atoms with E-state index < -0.39 is 11.8 Å². The molecule has 0 saturated carbocycles. The molecule has 5 aromatic carbocycles. The number of ether oxygens (including phenoxy) is 1. The van der Waals surface area contributed by atoms with E-state index in [2.05, 4.69) is 16.0 Å². The molecule has 0 radical (unpaired) electrons. The Balaban J connectivity index is 1.36. The molecule has 0 aliphatic rings. The van der Waals surface area contributed by atoms with Crippen molar-refractivity contribution < 1.29 is 19.1 Å². The van der Waals surface area contributed by atoms with Crippen molar-refractivity contribution in [1.29, 1.82) is 0 Å². The van der Waals surface area contributed by atoms with Crippen LogP contribution in [0.25, 0.3) is 16.8 Å². The Morgan fingerprint density at radius 2 is 1.47 bits per heavy atom. The van der Waals surface area contributed by atoms with Gasteiger partial charge in [-0.25, -0.2) is 0 Å². The average Bonchev–Trinajstić information content (AvgIpc) is 3.07. The number of carbonyl (C=O) groups excluding carboxylic acids is 3. The summed E-state index contributed by atoms with van der Waals surface area (Å²) in [5, 5.41) is 10.3. The molecule has 45 heavy (non-hydrogen) atoms. The summed E-state index contributed by atoms with van der Waals surface area (Å²) in [5.74, 6) is -0.341. The van der Waals surface area contributed by atoms with Gasteiger partial charge in [0.1, 0.15) is 11.4 Å². The van der Waals surface area contributed by atoms with E-state index in [9.17, 15) is 14.4 Å². The summed E-state index contributed by atoms with van der Waals surface area (Å²) in [6.45, 7) is 1.95. The van der Waals surface area contributed by atoms with E-state index in [-0.39, 0.29) is 16.9 Å². The summed E-state index contributed by atoms with van der Waals surface area (Å²) in [6.07, 6.45) is 2.29. The zero-order valence-electron chi connectivity index (χ0n) is 25.0. The molecule has 0 aromatic heterocycles. The molecule has 0 bridgehead atoms. The molecule has 0 aliphatic carbocycles. The van der Waals surface area contributed by atoms with Crippen LogP contribution in [-0.4, -0.2) is 30.1 Å². The van der Waals surface area contributed by atoms with Gasteiger partial charge in [0.2, 0.25) is 5.91 Å². The predicted molar refractivity (Wildman–Crippen MR) is 182 cm³/mol. The molecule has 0 heterocycles.